The summed E-state index contributed by atoms with van der Waals surface area (Å²) in [7, 11) is 0. The molecule has 2 N–H and O–H groups in total. The van der Waals surface area contributed by atoms with Crippen molar-refractivity contribution >= 4 is 38.6 Å². The lowest BCUT2D eigenvalue weighted by atomic mass is 10.3. The van der Waals surface area contributed by atoms with E-state index in [-0.39, 0.29) is 11.2 Å². The van der Waals surface area contributed by atoms with Crippen molar-refractivity contribution in [1.29, 1.82) is 0 Å². The zero-order chi connectivity index (χ0) is 13.9. The molecular formula is C13H9BrN4OS. The van der Waals surface area contributed by atoms with E-state index in [1.54, 1.807) is 0 Å². The zero-order valence-electron chi connectivity index (χ0n) is 10.1. The van der Waals surface area contributed by atoms with Gasteiger partial charge in [-0.25, -0.2) is 0 Å². The normalized spacial score (nSPS) is 11.2. The smallest absolute Gasteiger partial charge is 0.292 e. The third-order valence-electron chi connectivity index (χ3n) is 2.59. The molecule has 0 bridgehead atoms. The Balaban J connectivity index is 1.99. The topological polar surface area (TPSA) is 73.4 Å². The van der Waals surface area contributed by atoms with Gasteiger partial charge in [0, 0.05) is 4.47 Å². The third kappa shape index (κ3) is 2.63. The van der Waals surface area contributed by atoms with Crippen molar-refractivity contribution < 1.29 is 0 Å². The van der Waals surface area contributed by atoms with E-state index >= 15 is 0 Å². The van der Waals surface area contributed by atoms with Crippen molar-refractivity contribution in [1.82, 2.24) is 10.2 Å². The van der Waals surface area contributed by atoms with E-state index in [9.17, 15) is 4.79 Å². The first-order valence-electron chi connectivity index (χ1n) is 5.76. The van der Waals surface area contributed by atoms with Crippen molar-refractivity contribution in [2.24, 2.45) is 10.2 Å². The number of hydrogen-bond donors (Lipinski definition) is 2. The van der Waals surface area contributed by atoms with E-state index in [0.717, 1.165) is 9.35 Å². The maximum atomic E-state index is 11.8. The molecule has 0 saturated heterocycles. The van der Waals surface area contributed by atoms with Gasteiger partial charge in [0.1, 0.15) is 5.69 Å². The van der Waals surface area contributed by atoms with Gasteiger partial charge in [0.05, 0.1) is 10.6 Å². The molecule has 0 aliphatic carbocycles. The summed E-state index contributed by atoms with van der Waals surface area (Å²) in [5.74, 6) is 0. The standard InChI is InChI=1S/C13H9BrN4OS/c14-8-3-1-4-9(7-8)15-17-12-11(16-18-13(12)19)10-5-2-6-20-10/h1-7H,(H2,16,18,19). The molecule has 2 aromatic heterocycles. The van der Waals surface area contributed by atoms with E-state index in [2.05, 4.69) is 36.4 Å². The van der Waals surface area contributed by atoms with Gasteiger partial charge >= 0.3 is 0 Å². The van der Waals surface area contributed by atoms with Gasteiger partial charge in [-0.1, -0.05) is 28.1 Å². The summed E-state index contributed by atoms with van der Waals surface area (Å²) in [6, 6.07) is 11.2. The molecule has 0 unspecified atom stereocenters. The molecule has 0 amide bonds. The number of thiophene rings is 1. The zero-order valence-corrected chi connectivity index (χ0v) is 12.5. The Kier molecular flexibility index (Phi) is 3.62. The summed E-state index contributed by atoms with van der Waals surface area (Å²) in [5.41, 5.74) is 1.33. The van der Waals surface area contributed by atoms with E-state index < -0.39 is 0 Å². The molecule has 5 nitrogen and oxygen atoms in total. The summed E-state index contributed by atoms with van der Waals surface area (Å²) in [5, 5.41) is 15.5. The number of aromatic nitrogens is 2. The fraction of sp³-hybridized carbons (Fsp3) is 0. The average Bonchev–Trinajstić information content (AvgIpc) is 3.06. The second-order valence-corrected chi connectivity index (χ2v) is 5.82. The van der Waals surface area contributed by atoms with Gasteiger partial charge in [-0.3, -0.25) is 15.0 Å². The highest BCUT2D eigenvalue weighted by molar-refractivity contribution is 9.10. The molecule has 20 heavy (non-hydrogen) atoms. The van der Waals surface area contributed by atoms with E-state index in [1.807, 2.05) is 41.8 Å². The predicted octanol–water partition coefficient (Wildman–Crippen LogP) is 4.61. The largest absolute Gasteiger partial charge is 0.294 e. The number of azo groups is 1. The molecule has 7 heteroatoms. The Morgan fingerprint density at radius 2 is 2.00 bits per heavy atom. The lowest BCUT2D eigenvalue weighted by Gasteiger charge is -1.94. The number of nitrogens with one attached hydrogen (secondary N) is 2. The molecule has 3 rings (SSSR count). The lowest BCUT2D eigenvalue weighted by Crippen LogP contribution is -1.96. The molecule has 2 heterocycles. The number of rotatable bonds is 3. The number of hydrogen-bond acceptors (Lipinski definition) is 4. The Morgan fingerprint density at radius 1 is 1.10 bits per heavy atom. The van der Waals surface area contributed by atoms with Gasteiger partial charge in [-0.15, -0.1) is 16.5 Å². The molecule has 0 aliphatic heterocycles. The molecule has 0 saturated carbocycles. The molecule has 0 spiro atoms. The predicted molar refractivity (Wildman–Crippen MR) is 83.0 cm³/mol. The average molecular weight is 349 g/mol. The van der Waals surface area contributed by atoms with Gasteiger partial charge in [0.2, 0.25) is 0 Å². The second kappa shape index (κ2) is 5.56. The van der Waals surface area contributed by atoms with Crippen LogP contribution in [0.5, 0.6) is 0 Å². The summed E-state index contributed by atoms with van der Waals surface area (Å²) in [6.07, 6.45) is 0. The minimum atomic E-state index is -0.285. The highest BCUT2D eigenvalue weighted by Gasteiger charge is 2.12. The van der Waals surface area contributed by atoms with Crippen molar-refractivity contribution in [3.8, 4) is 10.6 Å². The molecule has 0 radical (unpaired) electrons. The summed E-state index contributed by atoms with van der Waals surface area (Å²) in [6.45, 7) is 0. The van der Waals surface area contributed by atoms with Crippen molar-refractivity contribution in [3.63, 3.8) is 0 Å². The van der Waals surface area contributed by atoms with Gasteiger partial charge in [-0.05, 0) is 29.6 Å². The highest BCUT2D eigenvalue weighted by Crippen LogP contribution is 2.30. The van der Waals surface area contributed by atoms with Crippen LogP contribution in [-0.2, 0) is 0 Å². The van der Waals surface area contributed by atoms with Crippen molar-refractivity contribution in [2.45, 2.75) is 0 Å². The highest BCUT2D eigenvalue weighted by atomic mass is 79.9. The molecular weight excluding hydrogens is 340 g/mol. The van der Waals surface area contributed by atoms with Crippen LogP contribution in [0.3, 0.4) is 0 Å². The summed E-state index contributed by atoms with van der Waals surface area (Å²) < 4.78 is 0.912. The first-order valence-corrected chi connectivity index (χ1v) is 7.43. The Morgan fingerprint density at radius 3 is 2.75 bits per heavy atom. The van der Waals surface area contributed by atoms with Gasteiger partial charge in [0.15, 0.2) is 5.69 Å². The Hall–Kier alpha value is -1.99. The number of H-pyrrole nitrogens is 2. The fourth-order valence-electron chi connectivity index (χ4n) is 1.69. The van der Waals surface area contributed by atoms with Crippen LogP contribution >= 0.6 is 27.3 Å². The third-order valence-corrected chi connectivity index (χ3v) is 3.97. The number of benzene rings is 1. The van der Waals surface area contributed by atoms with Gasteiger partial charge in [0.25, 0.3) is 5.56 Å². The van der Waals surface area contributed by atoms with Crippen LogP contribution in [0.15, 0.2) is 61.3 Å². The van der Waals surface area contributed by atoms with Crippen molar-refractivity contribution in [2.75, 3.05) is 0 Å². The van der Waals surface area contributed by atoms with Crippen molar-refractivity contribution in [3.05, 3.63) is 56.6 Å². The molecule has 0 fully saturated rings. The minimum Gasteiger partial charge on any atom is -0.294 e. The Labute approximate surface area is 126 Å². The molecule has 0 aliphatic rings. The minimum absolute atomic E-state index is 0.285. The van der Waals surface area contributed by atoms with Crippen LogP contribution in [-0.4, -0.2) is 10.2 Å². The fourth-order valence-corrected chi connectivity index (χ4v) is 2.81. The van der Waals surface area contributed by atoms with Crippen LogP contribution in [0.4, 0.5) is 11.4 Å². The quantitative estimate of drug-likeness (QED) is 0.666. The van der Waals surface area contributed by atoms with E-state index in [4.69, 9.17) is 0 Å². The van der Waals surface area contributed by atoms with Gasteiger partial charge < -0.3 is 0 Å². The second-order valence-electron chi connectivity index (χ2n) is 3.96. The number of aromatic amines is 2. The summed E-state index contributed by atoms with van der Waals surface area (Å²) in [4.78, 5) is 12.7. The summed E-state index contributed by atoms with van der Waals surface area (Å²) >= 11 is 4.90. The first-order chi connectivity index (χ1) is 9.74. The van der Waals surface area contributed by atoms with Crippen LogP contribution < -0.4 is 5.56 Å². The molecule has 3 aromatic rings. The SMILES string of the molecule is O=c1[nH][nH]c(-c2cccs2)c1N=Nc1cccc(Br)c1. The van der Waals surface area contributed by atoms with Gasteiger partial charge in [-0.2, -0.15) is 5.11 Å². The maximum Gasteiger partial charge on any atom is 0.292 e. The van der Waals surface area contributed by atoms with Crippen LogP contribution in [0, 0.1) is 0 Å². The lowest BCUT2D eigenvalue weighted by molar-refractivity contribution is 1.06. The molecule has 1 aromatic carbocycles. The molecule has 100 valence electrons. The first kappa shape index (κ1) is 13.0. The number of nitrogens with zero attached hydrogens (tertiary/aromatic N) is 2. The van der Waals surface area contributed by atoms with Crippen LogP contribution in [0.25, 0.3) is 10.6 Å². The Bertz CT molecular complexity index is 804. The monoisotopic (exact) mass is 348 g/mol. The number of halogens is 1. The van der Waals surface area contributed by atoms with E-state index in [1.165, 1.54) is 11.3 Å². The molecule has 0 atom stereocenters. The van der Waals surface area contributed by atoms with E-state index in [0.29, 0.717) is 11.4 Å². The maximum absolute atomic E-state index is 11.8. The van der Waals surface area contributed by atoms with Crippen LogP contribution in [0.1, 0.15) is 0 Å². The van der Waals surface area contributed by atoms with Crippen LogP contribution in [0.2, 0.25) is 0 Å².